The summed E-state index contributed by atoms with van der Waals surface area (Å²) in [7, 11) is 0. The van der Waals surface area contributed by atoms with Crippen LogP contribution < -0.4 is 15.0 Å². The number of piperidine rings is 1. The number of nitrogens with one attached hydrogen (secondary N) is 2. The fourth-order valence-corrected chi connectivity index (χ4v) is 3.66. The summed E-state index contributed by atoms with van der Waals surface area (Å²) in [5.41, 5.74) is 3.73. The second-order valence-electron chi connectivity index (χ2n) is 7.48. The first-order valence-corrected chi connectivity index (χ1v) is 10.0. The number of hydrogen-bond acceptors (Lipinski definition) is 2. The standard InChI is InChI=1S/C23H30N2O2/c1-3-27-22-10-8-20(9-11-22)17-25-14-12-21(13-15-25)23(26)24-16-19-6-4-18(2)5-7-19/h4-11,21H,3,12-17H2,1-2H3,(H,24,26)/p+1. The second-order valence-corrected chi connectivity index (χ2v) is 7.48. The maximum Gasteiger partial charge on any atom is 0.223 e. The summed E-state index contributed by atoms with van der Waals surface area (Å²) >= 11 is 0. The van der Waals surface area contributed by atoms with E-state index in [-0.39, 0.29) is 11.8 Å². The van der Waals surface area contributed by atoms with Gasteiger partial charge in [0.15, 0.2) is 0 Å². The number of rotatable bonds is 7. The third kappa shape index (κ3) is 5.83. The van der Waals surface area contributed by atoms with Crippen molar-refractivity contribution in [2.75, 3.05) is 19.7 Å². The molecular formula is C23H31N2O2+. The van der Waals surface area contributed by atoms with Crippen LogP contribution in [0.3, 0.4) is 0 Å². The second kappa shape index (κ2) is 9.56. The summed E-state index contributed by atoms with van der Waals surface area (Å²) in [4.78, 5) is 14.0. The Balaban J connectivity index is 1.41. The molecule has 1 saturated heterocycles. The minimum atomic E-state index is 0.152. The first-order valence-electron chi connectivity index (χ1n) is 10.0. The molecule has 1 amide bonds. The Morgan fingerprint density at radius 2 is 1.67 bits per heavy atom. The van der Waals surface area contributed by atoms with E-state index in [4.69, 9.17) is 4.74 Å². The van der Waals surface area contributed by atoms with Crippen LogP contribution in [0, 0.1) is 12.8 Å². The van der Waals surface area contributed by atoms with Crippen molar-refractivity contribution in [1.82, 2.24) is 5.32 Å². The van der Waals surface area contributed by atoms with Gasteiger partial charge in [-0.15, -0.1) is 0 Å². The predicted molar refractivity (Wildman–Crippen MR) is 108 cm³/mol. The molecule has 0 atom stereocenters. The van der Waals surface area contributed by atoms with Gasteiger partial charge in [0.05, 0.1) is 19.7 Å². The number of carbonyl (C=O) groups excluding carboxylic acids is 1. The van der Waals surface area contributed by atoms with Gasteiger partial charge in [0.25, 0.3) is 0 Å². The number of aryl methyl sites for hydroxylation is 1. The average Bonchev–Trinajstić information content (AvgIpc) is 2.70. The van der Waals surface area contributed by atoms with Crippen molar-refractivity contribution in [2.24, 2.45) is 5.92 Å². The van der Waals surface area contributed by atoms with E-state index >= 15 is 0 Å². The zero-order valence-electron chi connectivity index (χ0n) is 16.5. The normalized spacial score (nSPS) is 19.5. The summed E-state index contributed by atoms with van der Waals surface area (Å²) in [6.07, 6.45) is 1.93. The highest BCUT2D eigenvalue weighted by Crippen LogP contribution is 2.13. The smallest absolute Gasteiger partial charge is 0.223 e. The summed E-state index contributed by atoms with van der Waals surface area (Å²) < 4.78 is 5.50. The van der Waals surface area contributed by atoms with Gasteiger partial charge in [-0.3, -0.25) is 4.79 Å². The first kappa shape index (κ1) is 19.4. The van der Waals surface area contributed by atoms with E-state index in [9.17, 15) is 4.79 Å². The Kier molecular flexibility index (Phi) is 6.88. The van der Waals surface area contributed by atoms with Gasteiger partial charge in [-0.2, -0.15) is 0 Å². The molecule has 0 aliphatic carbocycles. The van der Waals surface area contributed by atoms with E-state index < -0.39 is 0 Å². The highest BCUT2D eigenvalue weighted by Gasteiger charge is 2.27. The number of quaternary nitrogens is 1. The molecule has 27 heavy (non-hydrogen) atoms. The van der Waals surface area contributed by atoms with Gasteiger partial charge in [0.1, 0.15) is 12.3 Å². The first-order chi connectivity index (χ1) is 13.1. The van der Waals surface area contributed by atoms with Gasteiger partial charge in [0.2, 0.25) is 5.91 Å². The van der Waals surface area contributed by atoms with Crippen molar-refractivity contribution in [2.45, 2.75) is 39.8 Å². The summed E-state index contributed by atoms with van der Waals surface area (Å²) in [6, 6.07) is 16.7. The van der Waals surface area contributed by atoms with Crippen LogP contribution in [-0.2, 0) is 17.9 Å². The van der Waals surface area contributed by atoms with Crippen molar-refractivity contribution in [3.63, 3.8) is 0 Å². The molecule has 2 aromatic rings. The van der Waals surface area contributed by atoms with Crippen LogP contribution >= 0.6 is 0 Å². The van der Waals surface area contributed by atoms with Crippen LogP contribution in [0.25, 0.3) is 0 Å². The number of hydrogen-bond donors (Lipinski definition) is 2. The SMILES string of the molecule is CCOc1ccc(C[NH+]2CCC(C(=O)NCc3ccc(C)cc3)CC2)cc1. The van der Waals surface area contributed by atoms with Crippen LogP contribution in [-0.4, -0.2) is 25.6 Å². The molecular weight excluding hydrogens is 336 g/mol. The zero-order chi connectivity index (χ0) is 19.1. The summed E-state index contributed by atoms with van der Waals surface area (Å²) in [5.74, 6) is 1.29. The lowest BCUT2D eigenvalue weighted by Crippen LogP contribution is -3.11. The van der Waals surface area contributed by atoms with E-state index in [0.29, 0.717) is 13.2 Å². The van der Waals surface area contributed by atoms with Gasteiger partial charge < -0.3 is 15.0 Å². The number of amides is 1. The Morgan fingerprint density at radius 3 is 2.30 bits per heavy atom. The minimum Gasteiger partial charge on any atom is -0.494 e. The molecule has 1 heterocycles. The van der Waals surface area contributed by atoms with Crippen molar-refractivity contribution in [3.8, 4) is 5.75 Å². The average molecular weight is 368 g/mol. The largest absolute Gasteiger partial charge is 0.494 e. The molecule has 0 saturated carbocycles. The van der Waals surface area contributed by atoms with E-state index in [0.717, 1.165) is 43.8 Å². The summed E-state index contributed by atoms with van der Waals surface area (Å²) in [5, 5.41) is 3.11. The number of ether oxygens (including phenoxy) is 1. The molecule has 1 aliphatic rings. The highest BCUT2D eigenvalue weighted by molar-refractivity contribution is 5.78. The highest BCUT2D eigenvalue weighted by atomic mass is 16.5. The molecule has 144 valence electrons. The monoisotopic (exact) mass is 367 g/mol. The van der Waals surface area contributed by atoms with Gasteiger partial charge in [-0.25, -0.2) is 0 Å². The maximum absolute atomic E-state index is 12.5. The molecule has 2 N–H and O–H groups in total. The lowest BCUT2D eigenvalue weighted by atomic mass is 9.95. The molecule has 4 heteroatoms. The van der Waals surface area contributed by atoms with Crippen molar-refractivity contribution in [1.29, 1.82) is 0 Å². The Bertz CT molecular complexity index is 717. The molecule has 0 aromatic heterocycles. The fraction of sp³-hybridized carbons (Fsp3) is 0.435. The van der Waals surface area contributed by atoms with Crippen molar-refractivity contribution >= 4 is 5.91 Å². The molecule has 2 aromatic carbocycles. The van der Waals surface area contributed by atoms with Gasteiger partial charge in [-0.05, 0) is 43.7 Å². The Hall–Kier alpha value is -2.33. The van der Waals surface area contributed by atoms with Crippen LogP contribution in [0.2, 0.25) is 0 Å². The van der Waals surface area contributed by atoms with Gasteiger partial charge in [-0.1, -0.05) is 29.8 Å². The van der Waals surface area contributed by atoms with Crippen LogP contribution in [0.1, 0.15) is 36.5 Å². The molecule has 3 rings (SSSR count). The van der Waals surface area contributed by atoms with Crippen LogP contribution in [0.15, 0.2) is 48.5 Å². The zero-order valence-corrected chi connectivity index (χ0v) is 16.5. The molecule has 1 aliphatic heterocycles. The van der Waals surface area contributed by atoms with E-state index in [1.807, 2.05) is 19.1 Å². The quantitative estimate of drug-likeness (QED) is 0.790. The minimum absolute atomic E-state index is 0.152. The van der Waals surface area contributed by atoms with Gasteiger partial charge in [0, 0.05) is 30.9 Å². The van der Waals surface area contributed by atoms with Gasteiger partial charge >= 0.3 is 0 Å². The van der Waals surface area contributed by atoms with E-state index in [1.165, 1.54) is 11.1 Å². The van der Waals surface area contributed by atoms with Crippen LogP contribution in [0.5, 0.6) is 5.75 Å². The number of carbonyl (C=O) groups is 1. The third-order valence-electron chi connectivity index (χ3n) is 5.34. The Labute approximate surface area is 162 Å². The fourth-order valence-electron chi connectivity index (χ4n) is 3.66. The molecule has 4 nitrogen and oxygen atoms in total. The topological polar surface area (TPSA) is 42.8 Å². The van der Waals surface area contributed by atoms with E-state index in [2.05, 4.69) is 48.6 Å². The predicted octanol–water partition coefficient (Wildman–Crippen LogP) is 2.51. The molecule has 0 spiro atoms. The van der Waals surface area contributed by atoms with Crippen molar-refractivity contribution in [3.05, 3.63) is 65.2 Å². The van der Waals surface area contributed by atoms with Crippen LogP contribution in [0.4, 0.5) is 0 Å². The molecule has 0 unspecified atom stereocenters. The number of likely N-dealkylation sites (tertiary alicyclic amines) is 1. The third-order valence-corrected chi connectivity index (χ3v) is 5.34. The maximum atomic E-state index is 12.5. The lowest BCUT2D eigenvalue weighted by Gasteiger charge is -2.28. The van der Waals surface area contributed by atoms with E-state index in [1.54, 1.807) is 4.90 Å². The summed E-state index contributed by atoms with van der Waals surface area (Å²) in [6.45, 7) is 8.52. The Morgan fingerprint density at radius 1 is 1.04 bits per heavy atom. The number of benzene rings is 2. The molecule has 0 bridgehead atoms. The molecule has 1 fully saturated rings. The lowest BCUT2D eigenvalue weighted by molar-refractivity contribution is -0.919. The molecule has 0 radical (unpaired) electrons. The van der Waals surface area contributed by atoms with Crippen molar-refractivity contribution < 1.29 is 14.4 Å².